The van der Waals surface area contributed by atoms with Gasteiger partial charge in [0.05, 0.1) is 17.4 Å². The summed E-state index contributed by atoms with van der Waals surface area (Å²) in [6, 6.07) is 38.1. The molecule has 8 aromatic rings. The van der Waals surface area contributed by atoms with E-state index in [4.69, 9.17) is 4.98 Å². The van der Waals surface area contributed by atoms with Crippen LogP contribution in [0.1, 0.15) is 25.0 Å². The molecule has 0 saturated carbocycles. The van der Waals surface area contributed by atoms with Gasteiger partial charge in [-0.3, -0.25) is 4.40 Å². The van der Waals surface area contributed by atoms with Crippen LogP contribution in [0, 0.1) is 0 Å². The highest BCUT2D eigenvalue weighted by Gasteiger charge is 2.16. The number of para-hydroxylation sites is 1. The first-order chi connectivity index (χ1) is 19.7. The molecule has 40 heavy (non-hydrogen) atoms. The molecular formula is C37H28N2S. The van der Waals surface area contributed by atoms with Crippen LogP contribution in [0.25, 0.3) is 69.9 Å². The highest BCUT2D eigenvalue weighted by Crippen LogP contribution is 2.42. The average molecular weight is 533 g/mol. The van der Waals surface area contributed by atoms with Crippen molar-refractivity contribution in [3.63, 3.8) is 0 Å². The summed E-state index contributed by atoms with van der Waals surface area (Å²) in [6.07, 6.45) is 4.11. The van der Waals surface area contributed by atoms with Crippen molar-refractivity contribution in [1.82, 2.24) is 9.38 Å². The lowest BCUT2D eigenvalue weighted by Gasteiger charge is -2.11. The van der Waals surface area contributed by atoms with Crippen molar-refractivity contribution in [2.24, 2.45) is 0 Å². The number of hydrogen-bond donors (Lipinski definition) is 0. The first kappa shape index (κ1) is 23.4. The molecule has 3 aromatic heterocycles. The Morgan fingerprint density at radius 2 is 1.32 bits per heavy atom. The Kier molecular flexibility index (Phi) is 5.29. The first-order valence-electron chi connectivity index (χ1n) is 14.1. The van der Waals surface area contributed by atoms with E-state index < -0.39 is 0 Å². The van der Waals surface area contributed by atoms with E-state index >= 15 is 0 Å². The summed E-state index contributed by atoms with van der Waals surface area (Å²) in [6.45, 7) is 4.48. The Balaban J connectivity index is 1.31. The molecular weight excluding hydrogens is 504 g/mol. The molecule has 0 aliphatic rings. The summed E-state index contributed by atoms with van der Waals surface area (Å²) in [4.78, 5) is 4.92. The monoisotopic (exact) mass is 532 g/mol. The molecule has 3 heterocycles. The van der Waals surface area contributed by atoms with Crippen molar-refractivity contribution in [3.05, 3.63) is 120 Å². The third-order valence-corrected chi connectivity index (χ3v) is 9.59. The van der Waals surface area contributed by atoms with E-state index in [-0.39, 0.29) is 0 Å². The predicted octanol–water partition coefficient (Wildman–Crippen LogP) is 10.5. The van der Waals surface area contributed by atoms with Crippen molar-refractivity contribution >= 4 is 58.8 Å². The van der Waals surface area contributed by atoms with Gasteiger partial charge in [-0.05, 0) is 70.8 Å². The molecule has 0 fully saturated rings. The van der Waals surface area contributed by atoms with E-state index in [0.29, 0.717) is 0 Å². The van der Waals surface area contributed by atoms with Crippen molar-refractivity contribution in [2.45, 2.75) is 26.7 Å². The minimum Gasteiger partial charge on any atom is -0.292 e. The molecule has 0 unspecified atom stereocenters. The van der Waals surface area contributed by atoms with Crippen molar-refractivity contribution < 1.29 is 0 Å². The van der Waals surface area contributed by atoms with E-state index in [2.05, 4.69) is 121 Å². The first-order valence-corrected chi connectivity index (χ1v) is 14.9. The predicted molar refractivity (Wildman–Crippen MR) is 173 cm³/mol. The third kappa shape index (κ3) is 3.44. The van der Waals surface area contributed by atoms with E-state index in [0.717, 1.165) is 24.2 Å². The molecule has 0 radical (unpaired) electrons. The van der Waals surface area contributed by atoms with Gasteiger partial charge in [-0.2, -0.15) is 0 Å². The second-order valence-corrected chi connectivity index (χ2v) is 11.7. The Labute approximate surface area is 237 Å². The highest BCUT2D eigenvalue weighted by atomic mass is 32.1. The average Bonchev–Trinajstić information content (AvgIpc) is 3.63. The van der Waals surface area contributed by atoms with E-state index in [1.165, 1.54) is 69.7 Å². The fourth-order valence-corrected chi connectivity index (χ4v) is 7.44. The molecule has 0 aliphatic carbocycles. The van der Waals surface area contributed by atoms with Gasteiger partial charge in [0.15, 0.2) is 0 Å². The fraction of sp³-hybridized carbons (Fsp3) is 0.108. The molecule has 0 saturated heterocycles. The van der Waals surface area contributed by atoms with Gasteiger partial charge in [0.2, 0.25) is 0 Å². The summed E-state index contributed by atoms with van der Waals surface area (Å²) in [5.74, 6) is 0. The Bertz CT molecular complexity index is 2230. The van der Waals surface area contributed by atoms with Crippen LogP contribution in [0.2, 0.25) is 0 Å². The lowest BCUT2D eigenvalue weighted by atomic mass is 9.97. The molecule has 3 heteroatoms. The van der Waals surface area contributed by atoms with Gasteiger partial charge in [-0.1, -0.05) is 86.6 Å². The Hall–Kier alpha value is -4.47. The minimum absolute atomic E-state index is 1.00. The topological polar surface area (TPSA) is 17.3 Å². The van der Waals surface area contributed by atoms with Gasteiger partial charge >= 0.3 is 0 Å². The highest BCUT2D eigenvalue weighted by molar-refractivity contribution is 7.26. The largest absolute Gasteiger partial charge is 0.292 e. The zero-order valence-corrected chi connectivity index (χ0v) is 23.4. The van der Waals surface area contributed by atoms with Gasteiger partial charge in [0, 0.05) is 36.5 Å². The van der Waals surface area contributed by atoms with Gasteiger partial charge in [-0.15, -0.1) is 11.3 Å². The number of pyridine rings is 1. The van der Waals surface area contributed by atoms with Crippen LogP contribution in [0.3, 0.4) is 0 Å². The maximum absolute atomic E-state index is 4.92. The van der Waals surface area contributed by atoms with Crippen molar-refractivity contribution in [2.75, 3.05) is 0 Å². The summed E-state index contributed by atoms with van der Waals surface area (Å²) in [7, 11) is 0. The van der Waals surface area contributed by atoms with Crippen LogP contribution in [-0.4, -0.2) is 9.38 Å². The number of nitrogens with zero attached hydrogens (tertiary/aromatic N) is 2. The minimum atomic E-state index is 1.00. The summed E-state index contributed by atoms with van der Waals surface area (Å²) < 4.78 is 5.06. The molecule has 192 valence electrons. The molecule has 0 N–H and O–H groups in total. The normalized spacial score (nSPS) is 11.9. The fourth-order valence-electron chi connectivity index (χ4n) is 6.24. The lowest BCUT2D eigenvalue weighted by molar-refractivity contribution is 1.14. The standard InChI is InChI=1S/C37H28N2S/c1-3-23-13-18-35-31(19-23)32-21-24(4-2)20-30(36(32)40-35)25-14-16-26(17-15-25)34-22-38-37-29-11-6-5-9-27(29)28-10-7-8-12-33(28)39(34)37/h5-22H,3-4H2,1-2H3. The summed E-state index contributed by atoms with van der Waals surface area (Å²) in [5.41, 5.74) is 9.84. The smallest absolute Gasteiger partial charge is 0.145 e. The van der Waals surface area contributed by atoms with Gasteiger partial charge in [0.25, 0.3) is 0 Å². The molecule has 0 amide bonds. The van der Waals surface area contributed by atoms with Crippen molar-refractivity contribution in [1.29, 1.82) is 0 Å². The van der Waals surface area contributed by atoms with E-state index in [1.807, 2.05) is 17.5 Å². The molecule has 2 nitrogen and oxygen atoms in total. The molecule has 0 aliphatic heterocycles. The number of hydrogen-bond acceptors (Lipinski definition) is 2. The Morgan fingerprint density at radius 1 is 0.625 bits per heavy atom. The number of rotatable bonds is 4. The molecule has 0 atom stereocenters. The van der Waals surface area contributed by atoms with Gasteiger partial charge in [-0.25, -0.2) is 4.98 Å². The third-order valence-electron chi connectivity index (χ3n) is 8.37. The second-order valence-electron chi connectivity index (χ2n) is 10.6. The molecule has 0 spiro atoms. The maximum atomic E-state index is 4.92. The number of fused-ring (bicyclic) bond motifs is 9. The van der Waals surface area contributed by atoms with Crippen LogP contribution in [0.4, 0.5) is 0 Å². The van der Waals surface area contributed by atoms with E-state index in [1.54, 1.807) is 0 Å². The van der Waals surface area contributed by atoms with Crippen LogP contribution in [0.5, 0.6) is 0 Å². The second kappa shape index (κ2) is 9.04. The number of aryl methyl sites for hydroxylation is 2. The molecule has 8 rings (SSSR count). The summed E-state index contributed by atoms with van der Waals surface area (Å²) in [5, 5.41) is 6.44. The van der Waals surface area contributed by atoms with Crippen molar-refractivity contribution in [3.8, 4) is 22.4 Å². The number of aromatic nitrogens is 2. The SMILES string of the molecule is CCc1ccc2sc3c(-c4ccc(-c5cnc6c7ccccc7c7ccccc7n56)cc4)cc(CC)cc3c2c1. The van der Waals surface area contributed by atoms with Gasteiger partial charge < -0.3 is 0 Å². The zero-order chi connectivity index (χ0) is 26.8. The van der Waals surface area contributed by atoms with E-state index in [9.17, 15) is 0 Å². The lowest BCUT2D eigenvalue weighted by Crippen LogP contribution is -1.93. The number of imidazole rings is 1. The zero-order valence-electron chi connectivity index (χ0n) is 22.6. The number of benzene rings is 5. The van der Waals surface area contributed by atoms with Crippen LogP contribution >= 0.6 is 11.3 Å². The van der Waals surface area contributed by atoms with Gasteiger partial charge in [0.1, 0.15) is 5.65 Å². The quantitative estimate of drug-likeness (QED) is 0.206. The molecule has 0 bridgehead atoms. The van der Waals surface area contributed by atoms with Crippen LogP contribution in [-0.2, 0) is 12.8 Å². The maximum Gasteiger partial charge on any atom is 0.145 e. The van der Waals surface area contributed by atoms with Crippen LogP contribution in [0.15, 0.2) is 109 Å². The number of thiophene rings is 1. The molecule has 5 aromatic carbocycles. The van der Waals surface area contributed by atoms with Crippen LogP contribution < -0.4 is 0 Å². The summed E-state index contributed by atoms with van der Waals surface area (Å²) >= 11 is 1.91. The Morgan fingerprint density at radius 3 is 2.12 bits per heavy atom.